The van der Waals surface area contributed by atoms with Crippen molar-refractivity contribution in [2.24, 2.45) is 0 Å². The van der Waals surface area contributed by atoms with Crippen LogP contribution in [0.5, 0.6) is 11.5 Å². The molecule has 0 unspecified atom stereocenters. The highest BCUT2D eigenvalue weighted by Gasteiger charge is 2.32. The molecule has 0 N–H and O–H groups in total. The van der Waals surface area contributed by atoms with Crippen LogP contribution in [-0.4, -0.2) is 33.4 Å². The van der Waals surface area contributed by atoms with E-state index < -0.39 is 33.4 Å². The predicted molar refractivity (Wildman–Crippen MR) is 118 cm³/mol. The van der Waals surface area contributed by atoms with E-state index in [1.165, 1.54) is 48.5 Å². The molecule has 0 aliphatic heterocycles. The molecule has 0 heterocycles. The van der Waals surface area contributed by atoms with Crippen LogP contribution in [0.3, 0.4) is 0 Å². The first-order valence-electron chi connectivity index (χ1n) is 10.1. The summed E-state index contributed by atoms with van der Waals surface area (Å²) < 4.78 is 20.5. The van der Waals surface area contributed by atoms with Gasteiger partial charge in [0.1, 0.15) is 11.2 Å². The Morgan fingerprint density at radius 2 is 1.03 bits per heavy atom. The van der Waals surface area contributed by atoms with Gasteiger partial charge in [-0.15, -0.1) is 0 Å². The number of hydrogen-bond acceptors (Lipinski definition) is 10. The van der Waals surface area contributed by atoms with Crippen LogP contribution in [0, 0.1) is 20.2 Å². The summed E-state index contributed by atoms with van der Waals surface area (Å²) in [5, 5.41) is 22.1. The summed E-state index contributed by atoms with van der Waals surface area (Å²) in [5.74, 6) is -0.510. The second-order valence-electron chi connectivity index (χ2n) is 8.38. The minimum Gasteiger partial charge on any atom is -0.428 e. The van der Waals surface area contributed by atoms with Crippen LogP contribution in [-0.2, 0) is 9.47 Å². The molecule has 0 aliphatic carbocycles. The zero-order valence-electron chi connectivity index (χ0n) is 19.0. The summed E-state index contributed by atoms with van der Waals surface area (Å²) in [6.45, 7) is 6.37. The first-order chi connectivity index (χ1) is 15.8. The molecular weight excluding hydrogens is 452 g/mol. The number of benzene rings is 2. The van der Waals surface area contributed by atoms with Gasteiger partial charge in [-0.05, 0) is 52.7 Å². The van der Waals surface area contributed by atoms with Crippen LogP contribution >= 0.6 is 0 Å². The molecular formula is C22H24N2O10. The maximum Gasteiger partial charge on any atom is 0.514 e. The third-order valence-electron chi connectivity index (χ3n) is 4.56. The number of carbonyl (C=O) groups excluding carboxylic acids is 2. The van der Waals surface area contributed by atoms with Gasteiger partial charge in [-0.2, -0.15) is 0 Å². The molecule has 0 bridgehead atoms. The number of nitrogens with zero attached hydrogens (tertiary/aromatic N) is 2. The van der Waals surface area contributed by atoms with Gasteiger partial charge >= 0.3 is 23.7 Å². The monoisotopic (exact) mass is 476 g/mol. The van der Waals surface area contributed by atoms with Gasteiger partial charge in [-0.3, -0.25) is 20.2 Å². The van der Waals surface area contributed by atoms with Gasteiger partial charge in [-0.1, -0.05) is 24.3 Å². The lowest BCUT2D eigenvalue weighted by molar-refractivity contribution is -0.385. The first-order valence-corrected chi connectivity index (χ1v) is 10.1. The molecule has 0 saturated heterocycles. The zero-order valence-corrected chi connectivity index (χ0v) is 19.0. The third-order valence-corrected chi connectivity index (χ3v) is 4.56. The van der Waals surface area contributed by atoms with E-state index >= 15 is 0 Å². The van der Waals surface area contributed by atoms with Crippen molar-refractivity contribution in [2.75, 3.05) is 0 Å². The fourth-order valence-corrected chi connectivity index (χ4v) is 2.77. The van der Waals surface area contributed by atoms with Crippen LogP contribution in [0.15, 0.2) is 48.5 Å². The molecule has 2 aromatic rings. The molecule has 0 amide bonds. The van der Waals surface area contributed by atoms with Crippen molar-refractivity contribution in [1.82, 2.24) is 0 Å². The summed E-state index contributed by atoms with van der Waals surface area (Å²) in [7, 11) is 0. The lowest BCUT2D eigenvalue weighted by Gasteiger charge is -2.30. The fourth-order valence-electron chi connectivity index (χ4n) is 2.77. The lowest BCUT2D eigenvalue weighted by atomic mass is 9.94. The van der Waals surface area contributed by atoms with E-state index in [2.05, 4.69) is 0 Å². The van der Waals surface area contributed by atoms with E-state index in [1.807, 2.05) is 0 Å². The number of nitro benzene ring substituents is 2. The molecule has 12 heteroatoms. The van der Waals surface area contributed by atoms with Crippen molar-refractivity contribution in [1.29, 1.82) is 0 Å². The summed E-state index contributed by atoms with van der Waals surface area (Å²) >= 11 is 0. The molecule has 0 saturated carbocycles. The van der Waals surface area contributed by atoms with Crippen molar-refractivity contribution in [3.8, 4) is 11.5 Å². The molecule has 2 rings (SSSR count). The molecule has 34 heavy (non-hydrogen) atoms. The molecule has 0 atom stereocenters. The molecule has 0 aliphatic rings. The van der Waals surface area contributed by atoms with Gasteiger partial charge in [-0.25, -0.2) is 9.59 Å². The van der Waals surface area contributed by atoms with E-state index in [0.717, 1.165) is 0 Å². The van der Waals surface area contributed by atoms with E-state index in [1.54, 1.807) is 27.7 Å². The smallest absolute Gasteiger partial charge is 0.428 e. The maximum absolute atomic E-state index is 12.2. The van der Waals surface area contributed by atoms with Gasteiger partial charge in [0.05, 0.1) is 9.85 Å². The Hall–Kier alpha value is -4.22. The number of nitro groups is 2. The van der Waals surface area contributed by atoms with Gasteiger partial charge in [0.2, 0.25) is 11.5 Å². The minimum absolute atomic E-state index is 0.213. The molecule has 2 aromatic carbocycles. The average molecular weight is 476 g/mol. The number of ether oxygens (including phenoxy) is 4. The molecule has 0 radical (unpaired) electrons. The van der Waals surface area contributed by atoms with Crippen LogP contribution in [0.25, 0.3) is 0 Å². The van der Waals surface area contributed by atoms with Crippen molar-refractivity contribution < 1.29 is 38.4 Å². The van der Waals surface area contributed by atoms with Crippen LogP contribution in [0.4, 0.5) is 21.0 Å². The van der Waals surface area contributed by atoms with Crippen molar-refractivity contribution in [2.45, 2.75) is 51.7 Å². The van der Waals surface area contributed by atoms with E-state index in [0.29, 0.717) is 0 Å². The number of para-hydroxylation sites is 4. The van der Waals surface area contributed by atoms with E-state index in [-0.39, 0.29) is 35.7 Å². The Morgan fingerprint density at radius 3 is 1.35 bits per heavy atom. The largest absolute Gasteiger partial charge is 0.514 e. The highest BCUT2D eigenvalue weighted by molar-refractivity contribution is 5.67. The van der Waals surface area contributed by atoms with Crippen LogP contribution in [0.1, 0.15) is 40.5 Å². The third kappa shape index (κ3) is 7.73. The fraction of sp³-hybridized carbons (Fsp3) is 0.364. The van der Waals surface area contributed by atoms with Crippen molar-refractivity contribution >= 4 is 23.7 Å². The zero-order chi connectivity index (χ0) is 25.5. The molecule has 0 fully saturated rings. The standard InChI is InChI=1S/C22H24N2O10/c1-21(2,33-19(25)31-17-11-7-5-9-15(17)23(27)28)13-14-22(3,4)34-20(26)32-18-12-8-6-10-16(18)24(29)30/h5-12H,13-14H2,1-4H3. The number of rotatable bonds is 9. The van der Waals surface area contributed by atoms with Gasteiger partial charge in [0.25, 0.3) is 0 Å². The minimum atomic E-state index is -1.13. The highest BCUT2D eigenvalue weighted by Crippen LogP contribution is 2.30. The molecule has 0 spiro atoms. The Morgan fingerprint density at radius 1 is 0.706 bits per heavy atom. The predicted octanol–water partition coefficient (Wildman–Crippen LogP) is 5.57. The van der Waals surface area contributed by atoms with Crippen LogP contribution in [0.2, 0.25) is 0 Å². The Labute approximate surface area is 194 Å². The molecule has 0 aromatic heterocycles. The molecule has 12 nitrogen and oxygen atoms in total. The second-order valence-corrected chi connectivity index (χ2v) is 8.38. The van der Waals surface area contributed by atoms with E-state index in [9.17, 15) is 29.8 Å². The van der Waals surface area contributed by atoms with Crippen LogP contribution < -0.4 is 9.47 Å². The Bertz CT molecular complexity index is 995. The Kier molecular flexibility index (Phi) is 8.12. The SMILES string of the molecule is CC(C)(CCC(C)(C)OC(=O)Oc1ccccc1[N+](=O)[O-])OC(=O)Oc1ccccc1[N+](=O)[O-]. The number of hydrogen-bond donors (Lipinski definition) is 0. The van der Waals surface area contributed by atoms with Crippen molar-refractivity contribution in [3.63, 3.8) is 0 Å². The van der Waals surface area contributed by atoms with Gasteiger partial charge < -0.3 is 18.9 Å². The molecule has 182 valence electrons. The summed E-state index contributed by atoms with van der Waals surface area (Å²) in [6.07, 6.45) is -1.84. The number of carbonyl (C=O) groups is 2. The van der Waals surface area contributed by atoms with E-state index in [4.69, 9.17) is 18.9 Å². The Balaban J connectivity index is 1.92. The lowest BCUT2D eigenvalue weighted by Crippen LogP contribution is -2.35. The summed E-state index contributed by atoms with van der Waals surface area (Å²) in [4.78, 5) is 45.1. The topological polar surface area (TPSA) is 157 Å². The highest BCUT2D eigenvalue weighted by atomic mass is 16.7. The van der Waals surface area contributed by atoms with Gasteiger partial charge in [0.15, 0.2) is 0 Å². The normalized spacial score (nSPS) is 11.3. The first kappa shape index (κ1) is 26.0. The average Bonchev–Trinajstić information content (AvgIpc) is 2.72. The summed E-state index contributed by atoms with van der Waals surface area (Å²) in [5.41, 5.74) is -2.93. The van der Waals surface area contributed by atoms with Crippen molar-refractivity contribution in [3.05, 3.63) is 68.8 Å². The summed E-state index contributed by atoms with van der Waals surface area (Å²) in [6, 6.07) is 10.7. The quantitative estimate of drug-likeness (QED) is 0.194. The maximum atomic E-state index is 12.2. The van der Waals surface area contributed by atoms with Gasteiger partial charge in [0, 0.05) is 12.1 Å². The second kappa shape index (κ2) is 10.6.